The first kappa shape index (κ1) is 13.3. The number of carboxylic acids is 1. The highest BCUT2D eigenvalue weighted by molar-refractivity contribution is 5.85. The Morgan fingerprint density at radius 1 is 1.28 bits per heavy atom. The molecule has 0 radical (unpaired) electrons. The van der Waals surface area contributed by atoms with Crippen LogP contribution >= 0.6 is 0 Å². The molecule has 102 valence electrons. The third-order valence-corrected chi connectivity index (χ3v) is 3.98. The van der Waals surface area contributed by atoms with Crippen LogP contribution in [0.3, 0.4) is 0 Å². The van der Waals surface area contributed by atoms with Gasteiger partial charge >= 0.3 is 5.97 Å². The van der Waals surface area contributed by atoms with Crippen LogP contribution in [0.2, 0.25) is 0 Å². The SMILES string of the molecule is CC1CCCN(C(=O)C2CCCOC2)C1C(=O)O. The maximum atomic E-state index is 12.4. The molecule has 0 aromatic carbocycles. The van der Waals surface area contributed by atoms with Crippen LogP contribution in [0.1, 0.15) is 32.6 Å². The average Bonchev–Trinajstić information content (AvgIpc) is 2.38. The molecule has 1 amide bonds. The molecule has 2 aliphatic heterocycles. The molecule has 2 rings (SSSR count). The summed E-state index contributed by atoms with van der Waals surface area (Å²) in [7, 11) is 0. The minimum absolute atomic E-state index is 0.0321. The fourth-order valence-corrected chi connectivity index (χ4v) is 2.98. The van der Waals surface area contributed by atoms with Gasteiger partial charge in [-0.15, -0.1) is 0 Å². The fourth-order valence-electron chi connectivity index (χ4n) is 2.98. The first-order valence-corrected chi connectivity index (χ1v) is 6.72. The third kappa shape index (κ3) is 2.66. The van der Waals surface area contributed by atoms with Crippen molar-refractivity contribution in [3.8, 4) is 0 Å². The zero-order chi connectivity index (χ0) is 13.1. The largest absolute Gasteiger partial charge is 0.480 e. The zero-order valence-electron chi connectivity index (χ0n) is 10.8. The van der Waals surface area contributed by atoms with Crippen LogP contribution in [0.4, 0.5) is 0 Å². The molecule has 0 spiro atoms. The van der Waals surface area contributed by atoms with Crippen LogP contribution in [0.5, 0.6) is 0 Å². The number of likely N-dealkylation sites (tertiary alicyclic amines) is 1. The van der Waals surface area contributed by atoms with Crippen molar-refractivity contribution in [1.29, 1.82) is 0 Å². The van der Waals surface area contributed by atoms with Crippen molar-refractivity contribution in [2.45, 2.75) is 38.6 Å². The lowest BCUT2D eigenvalue weighted by Gasteiger charge is -2.39. The smallest absolute Gasteiger partial charge is 0.326 e. The molecule has 1 N–H and O–H groups in total. The number of piperidine rings is 1. The van der Waals surface area contributed by atoms with Gasteiger partial charge in [0.05, 0.1) is 12.5 Å². The van der Waals surface area contributed by atoms with Gasteiger partial charge in [0.1, 0.15) is 6.04 Å². The van der Waals surface area contributed by atoms with E-state index >= 15 is 0 Å². The molecule has 2 heterocycles. The lowest BCUT2D eigenvalue weighted by atomic mass is 9.89. The highest BCUT2D eigenvalue weighted by Crippen LogP contribution is 2.27. The van der Waals surface area contributed by atoms with Gasteiger partial charge in [-0.1, -0.05) is 6.92 Å². The summed E-state index contributed by atoms with van der Waals surface area (Å²) in [6.07, 6.45) is 3.47. The van der Waals surface area contributed by atoms with E-state index < -0.39 is 12.0 Å². The van der Waals surface area contributed by atoms with E-state index in [1.165, 1.54) is 0 Å². The number of aliphatic carboxylic acids is 1. The second-order valence-electron chi connectivity index (χ2n) is 5.35. The first-order chi connectivity index (χ1) is 8.61. The van der Waals surface area contributed by atoms with Crippen molar-refractivity contribution in [3.63, 3.8) is 0 Å². The quantitative estimate of drug-likeness (QED) is 0.803. The van der Waals surface area contributed by atoms with Gasteiger partial charge in [0.25, 0.3) is 0 Å². The number of carbonyl (C=O) groups is 2. The molecule has 5 nitrogen and oxygen atoms in total. The second-order valence-corrected chi connectivity index (χ2v) is 5.35. The van der Waals surface area contributed by atoms with Crippen molar-refractivity contribution < 1.29 is 19.4 Å². The van der Waals surface area contributed by atoms with Crippen molar-refractivity contribution in [3.05, 3.63) is 0 Å². The lowest BCUT2D eigenvalue weighted by Crippen LogP contribution is -2.54. The van der Waals surface area contributed by atoms with Crippen LogP contribution < -0.4 is 0 Å². The van der Waals surface area contributed by atoms with E-state index in [0.717, 1.165) is 25.7 Å². The summed E-state index contributed by atoms with van der Waals surface area (Å²) >= 11 is 0. The summed E-state index contributed by atoms with van der Waals surface area (Å²) in [6, 6.07) is -0.659. The molecular formula is C13H21NO4. The zero-order valence-corrected chi connectivity index (χ0v) is 10.8. The Hall–Kier alpha value is -1.10. The molecule has 0 aromatic heterocycles. The maximum absolute atomic E-state index is 12.4. The number of ether oxygens (including phenoxy) is 1. The van der Waals surface area contributed by atoms with Crippen LogP contribution in [0.25, 0.3) is 0 Å². The van der Waals surface area contributed by atoms with Gasteiger partial charge in [0, 0.05) is 13.2 Å². The highest BCUT2D eigenvalue weighted by atomic mass is 16.5. The fraction of sp³-hybridized carbons (Fsp3) is 0.846. The van der Waals surface area contributed by atoms with Crippen LogP contribution in [-0.2, 0) is 14.3 Å². The Kier molecular flexibility index (Phi) is 4.22. The number of hydrogen-bond donors (Lipinski definition) is 1. The van der Waals surface area contributed by atoms with Crippen LogP contribution in [0, 0.1) is 11.8 Å². The molecule has 18 heavy (non-hydrogen) atoms. The van der Waals surface area contributed by atoms with E-state index in [-0.39, 0.29) is 17.7 Å². The molecule has 0 aliphatic carbocycles. The molecule has 0 bridgehead atoms. The second kappa shape index (κ2) is 5.69. The molecule has 0 aromatic rings. The van der Waals surface area contributed by atoms with Gasteiger partial charge in [0.15, 0.2) is 0 Å². The van der Waals surface area contributed by atoms with Crippen molar-refractivity contribution in [2.24, 2.45) is 11.8 Å². The Morgan fingerprint density at radius 2 is 2.06 bits per heavy atom. The molecule has 2 aliphatic rings. The topological polar surface area (TPSA) is 66.8 Å². The van der Waals surface area contributed by atoms with Gasteiger partial charge < -0.3 is 14.7 Å². The van der Waals surface area contributed by atoms with Crippen LogP contribution in [0.15, 0.2) is 0 Å². The predicted octanol–water partition coefficient (Wildman–Crippen LogP) is 1.12. The molecule has 0 saturated carbocycles. The summed E-state index contributed by atoms with van der Waals surface area (Å²) in [5.74, 6) is -1.03. The summed E-state index contributed by atoms with van der Waals surface area (Å²) in [4.78, 5) is 25.3. The number of nitrogens with zero attached hydrogens (tertiary/aromatic N) is 1. The number of hydrogen-bond acceptors (Lipinski definition) is 3. The van der Waals surface area contributed by atoms with E-state index in [4.69, 9.17) is 4.74 Å². The molecular weight excluding hydrogens is 234 g/mol. The minimum Gasteiger partial charge on any atom is -0.480 e. The van der Waals surface area contributed by atoms with Gasteiger partial charge in [-0.3, -0.25) is 4.79 Å². The van der Waals surface area contributed by atoms with Crippen LogP contribution in [-0.4, -0.2) is 47.7 Å². The number of carboxylic acid groups (broad SMARTS) is 1. The van der Waals surface area contributed by atoms with E-state index in [9.17, 15) is 14.7 Å². The average molecular weight is 255 g/mol. The minimum atomic E-state index is -0.882. The summed E-state index contributed by atoms with van der Waals surface area (Å²) in [6.45, 7) is 3.63. The summed E-state index contributed by atoms with van der Waals surface area (Å²) in [5, 5.41) is 9.30. The normalized spacial score (nSPS) is 33.2. The summed E-state index contributed by atoms with van der Waals surface area (Å²) in [5.41, 5.74) is 0. The first-order valence-electron chi connectivity index (χ1n) is 6.72. The van der Waals surface area contributed by atoms with Crippen molar-refractivity contribution in [2.75, 3.05) is 19.8 Å². The van der Waals surface area contributed by atoms with E-state index in [0.29, 0.717) is 19.8 Å². The Labute approximate surface area is 107 Å². The predicted molar refractivity (Wildman–Crippen MR) is 65.1 cm³/mol. The Balaban J connectivity index is 2.08. The van der Waals surface area contributed by atoms with Gasteiger partial charge in [-0.25, -0.2) is 4.79 Å². The standard InChI is InChI=1S/C13H21NO4/c1-9-4-2-6-14(11(9)13(16)17)12(15)10-5-3-7-18-8-10/h9-11H,2-8H2,1H3,(H,16,17). The van der Waals surface area contributed by atoms with Gasteiger partial charge in [-0.05, 0) is 31.6 Å². The Morgan fingerprint density at radius 3 is 2.67 bits per heavy atom. The van der Waals surface area contributed by atoms with Crippen molar-refractivity contribution >= 4 is 11.9 Å². The molecule has 5 heteroatoms. The summed E-state index contributed by atoms with van der Waals surface area (Å²) < 4.78 is 5.32. The number of amides is 1. The molecule has 2 saturated heterocycles. The van der Waals surface area contributed by atoms with Gasteiger partial charge in [0.2, 0.25) is 5.91 Å². The van der Waals surface area contributed by atoms with Crippen molar-refractivity contribution in [1.82, 2.24) is 4.90 Å². The highest BCUT2D eigenvalue weighted by Gasteiger charge is 2.39. The van der Waals surface area contributed by atoms with E-state index in [1.54, 1.807) is 4.90 Å². The van der Waals surface area contributed by atoms with Gasteiger partial charge in [-0.2, -0.15) is 0 Å². The monoisotopic (exact) mass is 255 g/mol. The van der Waals surface area contributed by atoms with E-state index in [1.807, 2.05) is 6.92 Å². The molecule has 2 fully saturated rings. The maximum Gasteiger partial charge on any atom is 0.326 e. The third-order valence-electron chi connectivity index (χ3n) is 3.98. The molecule has 3 atom stereocenters. The Bertz CT molecular complexity index is 325. The molecule has 3 unspecified atom stereocenters. The number of rotatable bonds is 2. The number of carbonyl (C=O) groups excluding carboxylic acids is 1. The van der Waals surface area contributed by atoms with E-state index in [2.05, 4.69) is 0 Å². The lowest BCUT2D eigenvalue weighted by molar-refractivity contribution is -0.158.